The number of ketones is 1. The molecule has 1 fully saturated rings. The summed E-state index contributed by atoms with van der Waals surface area (Å²) >= 11 is 0. The first kappa shape index (κ1) is 17.3. The van der Waals surface area contributed by atoms with Crippen molar-refractivity contribution in [1.29, 1.82) is 0 Å². The molecule has 0 saturated carbocycles. The Hall–Kier alpha value is -3.09. The fourth-order valence-corrected chi connectivity index (χ4v) is 3.47. The molecule has 0 bridgehead atoms. The summed E-state index contributed by atoms with van der Waals surface area (Å²) < 4.78 is 10.7. The maximum atomic E-state index is 12.7. The number of piperidine rings is 1. The lowest BCUT2D eigenvalue weighted by Gasteiger charge is -2.32. The first-order valence-electron chi connectivity index (χ1n) is 9.03. The van der Waals surface area contributed by atoms with Gasteiger partial charge in [-0.05, 0) is 43.5 Å². The first-order valence-corrected chi connectivity index (χ1v) is 9.03. The Morgan fingerprint density at radius 1 is 1.22 bits per heavy atom. The molecule has 4 rings (SSSR count). The number of aromatic nitrogens is 1. The lowest BCUT2D eigenvalue weighted by Crippen LogP contribution is -2.44. The van der Waals surface area contributed by atoms with Gasteiger partial charge in [0.2, 0.25) is 6.79 Å². The second kappa shape index (κ2) is 7.26. The van der Waals surface area contributed by atoms with E-state index in [2.05, 4.69) is 10.3 Å². The lowest BCUT2D eigenvalue weighted by atomic mass is 9.92. The molecule has 2 aromatic rings. The van der Waals surface area contributed by atoms with E-state index in [1.165, 1.54) is 0 Å². The quantitative estimate of drug-likeness (QED) is 0.843. The standard InChI is InChI=1S/C20H21N3O4/c1-13-9-17-18(27-12-26-17)10-16(13)22-20(25)23-8-4-5-14(11-23)19(24)15-6-2-3-7-21-15/h2-3,6-7,9-10,14H,4-5,8,11-12H2,1H3,(H,22,25)/t14-/m1/s1. The highest BCUT2D eigenvalue weighted by Gasteiger charge is 2.30. The number of nitrogens with zero attached hydrogens (tertiary/aromatic N) is 2. The van der Waals surface area contributed by atoms with Crippen LogP contribution in [0.2, 0.25) is 0 Å². The Morgan fingerprint density at radius 2 is 2.04 bits per heavy atom. The van der Waals surface area contributed by atoms with Crippen LogP contribution in [0, 0.1) is 12.8 Å². The minimum absolute atomic E-state index is 0.00707. The Bertz CT molecular complexity index is 869. The number of hydrogen-bond acceptors (Lipinski definition) is 5. The van der Waals surface area contributed by atoms with Crippen molar-refractivity contribution < 1.29 is 19.1 Å². The molecule has 1 saturated heterocycles. The van der Waals surface area contributed by atoms with Crippen LogP contribution >= 0.6 is 0 Å². The molecule has 1 aromatic carbocycles. The number of hydrogen-bond donors (Lipinski definition) is 1. The number of ether oxygens (including phenoxy) is 2. The van der Waals surface area contributed by atoms with E-state index in [9.17, 15) is 9.59 Å². The van der Waals surface area contributed by atoms with Crippen molar-refractivity contribution in [2.45, 2.75) is 19.8 Å². The number of carbonyl (C=O) groups excluding carboxylic acids is 2. The summed E-state index contributed by atoms with van der Waals surface area (Å²) in [7, 11) is 0. The molecule has 140 valence electrons. The Morgan fingerprint density at radius 3 is 2.81 bits per heavy atom. The van der Waals surface area contributed by atoms with Gasteiger partial charge in [0.1, 0.15) is 5.69 Å². The monoisotopic (exact) mass is 367 g/mol. The number of carbonyl (C=O) groups is 2. The van der Waals surface area contributed by atoms with E-state index in [4.69, 9.17) is 9.47 Å². The second-order valence-electron chi connectivity index (χ2n) is 6.81. The van der Waals surface area contributed by atoms with Gasteiger partial charge in [-0.2, -0.15) is 0 Å². The van der Waals surface area contributed by atoms with E-state index in [1.807, 2.05) is 13.0 Å². The number of Topliss-reactive ketones (excluding diaryl/α,β-unsaturated/α-hetero) is 1. The zero-order valence-electron chi connectivity index (χ0n) is 15.1. The normalized spacial score (nSPS) is 18.3. The Balaban J connectivity index is 1.44. The average Bonchev–Trinajstić information content (AvgIpc) is 3.15. The molecular formula is C20H21N3O4. The van der Waals surface area contributed by atoms with Crippen molar-refractivity contribution in [3.05, 3.63) is 47.8 Å². The van der Waals surface area contributed by atoms with Gasteiger partial charge in [-0.15, -0.1) is 0 Å². The summed E-state index contributed by atoms with van der Waals surface area (Å²) in [6.45, 7) is 3.11. The minimum atomic E-state index is -0.225. The lowest BCUT2D eigenvalue weighted by molar-refractivity contribution is 0.0846. The number of fused-ring (bicyclic) bond motifs is 1. The molecule has 0 spiro atoms. The maximum absolute atomic E-state index is 12.7. The molecule has 2 aliphatic rings. The third-order valence-corrected chi connectivity index (χ3v) is 4.96. The molecule has 2 amide bonds. The van der Waals surface area contributed by atoms with Gasteiger partial charge in [-0.25, -0.2) is 4.79 Å². The van der Waals surface area contributed by atoms with Crippen LogP contribution in [0.4, 0.5) is 10.5 Å². The van der Waals surface area contributed by atoms with Crippen LogP contribution in [0.25, 0.3) is 0 Å². The molecule has 2 aliphatic heterocycles. The number of benzene rings is 1. The van der Waals surface area contributed by atoms with Gasteiger partial charge in [0.05, 0.1) is 0 Å². The van der Waals surface area contributed by atoms with E-state index in [0.29, 0.717) is 36.0 Å². The number of nitrogens with one attached hydrogen (secondary N) is 1. The van der Waals surface area contributed by atoms with Crippen molar-refractivity contribution in [3.8, 4) is 11.5 Å². The highest BCUT2D eigenvalue weighted by Crippen LogP contribution is 2.36. The molecule has 27 heavy (non-hydrogen) atoms. The van der Waals surface area contributed by atoms with Gasteiger partial charge >= 0.3 is 6.03 Å². The zero-order valence-corrected chi connectivity index (χ0v) is 15.1. The first-order chi connectivity index (χ1) is 13.1. The number of likely N-dealkylation sites (tertiary alicyclic amines) is 1. The molecule has 1 atom stereocenters. The van der Waals surface area contributed by atoms with Crippen LogP contribution in [0.1, 0.15) is 28.9 Å². The van der Waals surface area contributed by atoms with Gasteiger partial charge in [-0.1, -0.05) is 6.07 Å². The van der Waals surface area contributed by atoms with Crippen LogP contribution in [-0.4, -0.2) is 41.6 Å². The molecule has 7 nitrogen and oxygen atoms in total. The number of aryl methyl sites for hydroxylation is 1. The molecule has 0 radical (unpaired) electrons. The van der Waals surface area contributed by atoms with Crippen LogP contribution in [0.3, 0.4) is 0 Å². The van der Waals surface area contributed by atoms with E-state index in [1.54, 1.807) is 35.4 Å². The average molecular weight is 367 g/mol. The summed E-state index contributed by atoms with van der Waals surface area (Å²) in [5.41, 5.74) is 2.03. The largest absolute Gasteiger partial charge is 0.454 e. The molecule has 1 N–H and O–H groups in total. The molecular weight excluding hydrogens is 346 g/mol. The highest BCUT2D eigenvalue weighted by molar-refractivity contribution is 5.97. The van der Waals surface area contributed by atoms with Crippen molar-refractivity contribution in [3.63, 3.8) is 0 Å². The fourth-order valence-electron chi connectivity index (χ4n) is 3.47. The van der Waals surface area contributed by atoms with Crippen LogP contribution < -0.4 is 14.8 Å². The van der Waals surface area contributed by atoms with Crippen molar-refractivity contribution in [1.82, 2.24) is 9.88 Å². The van der Waals surface area contributed by atoms with Crippen molar-refractivity contribution in [2.75, 3.05) is 25.2 Å². The molecule has 0 aliphatic carbocycles. The van der Waals surface area contributed by atoms with E-state index >= 15 is 0 Å². The number of anilines is 1. The molecule has 3 heterocycles. The third-order valence-electron chi connectivity index (χ3n) is 4.96. The Labute approximate surface area is 157 Å². The number of urea groups is 1. The highest BCUT2D eigenvalue weighted by atomic mass is 16.7. The van der Waals surface area contributed by atoms with E-state index in [-0.39, 0.29) is 24.5 Å². The summed E-state index contributed by atoms with van der Waals surface area (Å²) in [6, 6.07) is 8.71. The minimum Gasteiger partial charge on any atom is -0.454 e. The number of pyridine rings is 1. The second-order valence-corrected chi connectivity index (χ2v) is 6.81. The van der Waals surface area contributed by atoms with Gasteiger partial charge in [0.15, 0.2) is 17.3 Å². The maximum Gasteiger partial charge on any atom is 0.321 e. The predicted octanol–water partition coefficient (Wildman–Crippen LogP) is 3.25. The van der Waals surface area contributed by atoms with Crippen LogP contribution in [0.15, 0.2) is 36.5 Å². The molecule has 7 heteroatoms. The summed E-state index contributed by atoms with van der Waals surface area (Å²) in [5.74, 6) is 1.08. The molecule has 1 aromatic heterocycles. The number of amides is 2. The summed E-state index contributed by atoms with van der Waals surface area (Å²) in [4.78, 5) is 31.2. The van der Waals surface area contributed by atoms with Crippen molar-refractivity contribution >= 4 is 17.5 Å². The van der Waals surface area contributed by atoms with Gasteiger partial charge in [-0.3, -0.25) is 9.78 Å². The Kier molecular flexibility index (Phi) is 4.66. The summed E-state index contributed by atoms with van der Waals surface area (Å²) in [6.07, 6.45) is 3.17. The van der Waals surface area contributed by atoms with E-state index < -0.39 is 0 Å². The summed E-state index contributed by atoms with van der Waals surface area (Å²) in [5, 5.41) is 2.93. The predicted molar refractivity (Wildman–Crippen MR) is 99.2 cm³/mol. The number of rotatable bonds is 3. The van der Waals surface area contributed by atoms with Gasteiger partial charge in [0, 0.05) is 37.0 Å². The SMILES string of the molecule is Cc1cc2c(cc1NC(=O)N1CCC[C@@H](C(=O)c3ccccn3)C1)OCO2. The van der Waals surface area contributed by atoms with Crippen LogP contribution in [0.5, 0.6) is 11.5 Å². The van der Waals surface area contributed by atoms with E-state index in [0.717, 1.165) is 18.4 Å². The molecule has 0 unspecified atom stereocenters. The van der Waals surface area contributed by atoms with Crippen LogP contribution in [-0.2, 0) is 0 Å². The van der Waals surface area contributed by atoms with Crippen molar-refractivity contribution in [2.24, 2.45) is 5.92 Å². The zero-order chi connectivity index (χ0) is 18.8. The third kappa shape index (κ3) is 3.58. The van der Waals surface area contributed by atoms with Gasteiger partial charge in [0.25, 0.3) is 0 Å². The smallest absolute Gasteiger partial charge is 0.321 e. The fraction of sp³-hybridized carbons (Fsp3) is 0.350. The van der Waals surface area contributed by atoms with Gasteiger partial charge < -0.3 is 19.7 Å². The topological polar surface area (TPSA) is 80.8 Å².